The second-order valence-electron chi connectivity index (χ2n) is 9.42. The van der Waals surface area contributed by atoms with Crippen molar-refractivity contribution in [3.05, 3.63) is 162 Å². The van der Waals surface area contributed by atoms with Gasteiger partial charge in [0.2, 0.25) is 0 Å². The first-order chi connectivity index (χ1) is 20.5. The van der Waals surface area contributed by atoms with Gasteiger partial charge in [-0.3, -0.25) is 14.4 Å². The van der Waals surface area contributed by atoms with Crippen molar-refractivity contribution >= 4 is 41.1 Å². The second-order valence-corrected chi connectivity index (χ2v) is 10.5. The summed E-state index contributed by atoms with van der Waals surface area (Å²) in [5.41, 5.74) is 4.72. The number of carbonyl (C=O) groups is 3. The highest BCUT2D eigenvalue weighted by atomic mass is 32.2. The molecule has 0 spiro atoms. The molecule has 5 aromatic carbocycles. The van der Waals surface area contributed by atoms with E-state index in [1.807, 2.05) is 91.0 Å². The van der Waals surface area contributed by atoms with Gasteiger partial charge < -0.3 is 10.6 Å². The van der Waals surface area contributed by atoms with E-state index in [9.17, 15) is 14.4 Å². The molecule has 0 saturated carbocycles. The van der Waals surface area contributed by atoms with Crippen molar-refractivity contribution in [2.45, 2.75) is 4.90 Å². The lowest BCUT2D eigenvalue weighted by atomic mass is 10.0. The highest BCUT2D eigenvalue weighted by Crippen LogP contribution is 2.23. The molecule has 5 rings (SSSR count). The lowest BCUT2D eigenvalue weighted by molar-refractivity contribution is -0.113. The Balaban J connectivity index is 1.30. The maximum Gasteiger partial charge on any atom is 0.272 e. The third-order valence-corrected chi connectivity index (χ3v) is 7.45. The van der Waals surface area contributed by atoms with E-state index in [1.165, 1.54) is 11.8 Å². The summed E-state index contributed by atoms with van der Waals surface area (Å²) in [7, 11) is 0. The van der Waals surface area contributed by atoms with Crippen LogP contribution in [0.5, 0.6) is 0 Å². The Morgan fingerprint density at radius 2 is 1.14 bits per heavy atom. The summed E-state index contributed by atoms with van der Waals surface area (Å²) in [6.45, 7) is 0. The first-order valence-corrected chi connectivity index (χ1v) is 14.4. The number of nitrogens with one attached hydrogen (secondary N) is 2. The van der Waals surface area contributed by atoms with E-state index < -0.39 is 5.91 Å². The Bertz CT molecular complexity index is 1680. The van der Waals surface area contributed by atoms with Crippen LogP contribution in [0.25, 0.3) is 17.2 Å². The summed E-state index contributed by atoms with van der Waals surface area (Å²) in [6, 6.07) is 43.0. The van der Waals surface area contributed by atoms with Crippen molar-refractivity contribution in [2.24, 2.45) is 0 Å². The van der Waals surface area contributed by atoms with E-state index in [1.54, 1.807) is 54.6 Å². The molecule has 0 unspecified atom stereocenters. The Morgan fingerprint density at radius 1 is 0.595 bits per heavy atom. The van der Waals surface area contributed by atoms with Crippen LogP contribution in [0.3, 0.4) is 0 Å². The lowest BCUT2D eigenvalue weighted by Crippen LogP contribution is -2.30. The summed E-state index contributed by atoms with van der Waals surface area (Å²) in [4.78, 5) is 39.7. The second kappa shape index (κ2) is 13.9. The van der Waals surface area contributed by atoms with Crippen molar-refractivity contribution in [3.8, 4) is 11.1 Å². The monoisotopic (exact) mass is 568 g/mol. The van der Waals surface area contributed by atoms with Gasteiger partial charge in [0, 0.05) is 21.7 Å². The highest BCUT2D eigenvalue weighted by molar-refractivity contribution is 8.00. The number of rotatable bonds is 10. The van der Waals surface area contributed by atoms with Gasteiger partial charge in [-0.15, -0.1) is 11.8 Å². The van der Waals surface area contributed by atoms with Crippen molar-refractivity contribution in [1.29, 1.82) is 0 Å². The number of ketones is 1. The first kappa shape index (κ1) is 28.3. The van der Waals surface area contributed by atoms with Crippen LogP contribution in [-0.4, -0.2) is 23.4 Å². The topological polar surface area (TPSA) is 75.3 Å². The molecule has 6 heteroatoms. The smallest absolute Gasteiger partial charge is 0.272 e. The number of anilines is 1. The van der Waals surface area contributed by atoms with Crippen molar-refractivity contribution in [2.75, 3.05) is 11.1 Å². The molecule has 2 amide bonds. The van der Waals surface area contributed by atoms with E-state index in [0.717, 1.165) is 21.6 Å². The van der Waals surface area contributed by atoms with Crippen LogP contribution in [-0.2, 0) is 4.79 Å². The Hall–Kier alpha value is -5.20. The molecule has 0 aliphatic heterocycles. The van der Waals surface area contributed by atoms with Crippen molar-refractivity contribution < 1.29 is 14.4 Å². The third-order valence-electron chi connectivity index (χ3n) is 6.44. The normalized spacial score (nSPS) is 11.0. The van der Waals surface area contributed by atoms with E-state index in [-0.39, 0.29) is 17.4 Å². The average Bonchev–Trinajstić information content (AvgIpc) is 3.05. The zero-order valence-corrected chi connectivity index (χ0v) is 23.5. The summed E-state index contributed by atoms with van der Waals surface area (Å²) in [6.07, 6.45) is 1.66. The Morgan fingerprint density at radius 3 is 1.76 bits per heavy atom. The Kier molecular flexibility index (Phi) is 9.39. The largest absolute Gasteiger partial charge is 0.321 e. The fraction of sp³-hybridized carbons (Fsp3) is 0.0278. The van der Waals surface area contributed by atoms with E-state index >= 15 is 0 Å². The van der Waals surface area contributed by atoms with Crippen LogP contribution in [0.15, 0.2) is 150 Å². The van der Waals surface area contributed by atoms with Crippen LogP contribution in [0.1, 0.15) is 26.3 Å². The molecule has 5 aromatic rings. The lowest BCUT2D eigenvalue weighted by Gasteiger charge is -2.12. The molecule has 0 saturated heterocycles. The number of benzene rings is 5. The highest BCUT2D eigenvalue weighted by Gasteiger charge is 2.15. The predicted molar refractivity (Wildman–Crippen MR) is 170 cm³/mol. The van der Waals surface area contributed by atoms with Gasteiger partial charge in [-0.25, -0.2) is 0 Å². The summed E-state index contributed by atoms with van der Waals surface area (Å²) in [5, 5.41) is 5.65. The molecule has 5 nitrogen and oxygen atoms in total. The quantitative estimate of drug-likeness (QED) is 0.103. The number of amides is 2. The van der Waals surface area contributed by atoms with Gasteiger partial charge in [-0.05, 0) is 59.2 Å². The molecule has 2 N–H and O–H groups in total. The van der Waals surface area contributed by atoms with Crippen LogP contribution in [0.2, 0.25) is 0 Å². The first-order valence-electron chi connectivity index (χ1n) is 13.4. The third kappa shape index (κ3) is 7.71. The minimum Gasteiger partial charge on any atom is -0.321 e. The van der Waals surface area contributed by atoms with Gasteiger partial charge >= 0.3 is 0 Å². The van der Waals surface area contributed by atoms with E-state index in [4.69, 9.17) is 0 Å². The standard InChI is InChI=1S/C36H28N2O3S/c39-34(29-12-6-2-7-13-29)25-42-32-22-20-31(21-23-32)37-36(41)33(38-35(40)30-14-8-3-9-15-30)24-26-16-18-28(19-17-26)27-10-4-1-5-11-27/h1-24H,25H2,(H,37,41)(H,38,40)/b33-24-. The molecule has 0 aromatic heterocycles. The summed E-state index contributed by atoms with van der Waals surface area (Å²) in [5.74, 6) is -0.463. The molecule has 206 valence electrons. The number of Topliss-reactive ketones (excluding diaryl/α,β-unsaturated/α-hetero) is 1. The van der Waals surface area contributed by atoms with Crippen LogP contribution >= 0.6 is 11.8 Å². The number of carbonyl (C=O) groups excluding carboxylic acids is 3. The SMILES string of the molecule is O=C(Nc1ccc(SCC(=O)c2ccccc2)cc1)/C(=C/c1ccc(-c2ccccc2)cc1)NC(=O)c1ccccc1. The maximum atomic E-state index is 13.4. The molecule has 0 aliphatic rings. The predicted octanol–water partition coefficient (Wildman–Crippen LogP) is 7.74. The minimum absolute atomic E-state index is 0.0544. The van der Waals surface area contributed by atoms with E-state index in [2.05, 4.69) is 10.6 Å². The van der Waals surface area contributed by atoms with Gasteiger partial charge in [0.25, 0.3) is 11.8 Å². The van der Waals surface area contributed by atoms with Crippen molar-refractivity contribution in [3.63, 3.8) is 0 Å². The van der Waals surface area contributed by atoms with Crippen LogP contribution in [0, 0.1) is 0 Å². The number of hydrogen-bond acceptors (Lipinski definition) is 4. The van der Waals surface area contributed by atoms with Gasteiger partial charge in [0.1, 0.15) is 5.70 Å². The molecular weight excluding hydrogens is 540 g/mol. The molecule has 0 radical (unpaired) electrons. The van der Waals surface area contributed by atoms with E-state index in [0.29, 0.717) is 22.6 Å². The van der Waals surface area contributed by atoms with Gasteiger partial charge in [-0.2, -0.15) is 0 Å². The molecule has 0 bridgehead atoms. The van der Waals surface area contributed by atoms with Crippen LogP contribution < -0.4 is 10.6 Å². The number of hydrogen-bond donors (Lipinski definition) is 2. The molecule has 0 aliphatic carbocycles. The Labute approximate surface area is 249 Å². The van der Waals surface area contributed by atoms with Gasteiger partial charge in [-0.1, -0.05) is 103 Å². The van der Waals surface area contributed by atoms with Gasteiger partial charge in [0.15, 0.2) is 5.78 Å². The van der Waals surface area contributed by atoms with Crippen LogP contribution in [0.4, 0.5) is 5.69 Å². The van der Waals surface area contributed by atoms with Crippen molar-refractivity contribution in [1.82, 2.24) is 5.32 Å². The minimum atomic E-state index is -0.453. The zero-order chi connectivity index (χ0) is 29.1. The molecule has 0 fully saturated rings. The summed E-state index contributed by atoms with van der Waals surface area (Å²) >= 11 is 1.43. The fourth-order valence-electron chi connectivity index (χ4n) is 4.20. The van der Waals surface area contributed by atoms with Gasteiger partial charge in [0.05, 0.1) is 5.75 Å². The number of thioether (sulfide) groups is 1. The molecule has 0 atom stereocenters. The zero-order valence-electron chi connectivity index (χ0n) is 22.7. The summed E-state index contributed by atoms with van der Waals surface area (Å²) < 4.78 is 0. The fourth-order valence-corrected chi connectivity index (χ4v) is 4.99. The average molecular weight is 569 g/mol. The molecular formula is C36H28N2O3S. The molecule has 42 heavy (non-hydrogen) atoms. The molecule has 0 heterocycles. The maximum absolute atomic E-state index is 13.4.